The van der Waals surface area contributed by atoms with Crippen molar-refractivity contribution in [3.63, 3.8) is 0 Å². The Morgan fingerprint density at radius 2 is 2.18 bits per heavy atom. The van der Waals surface area contributed by atoms with Crippen LogP contribution in [0, 0.1) is 10.1 Å². The predicted molar refractivity (Wildman–Crippen MR) is 78.8 cm³/mol. The summed E-state index contributed by atoms with van der Waals surface area (Å²) in [6.07, 6.45) is 1.39. The standard InChI is InChI=1S/C14H15ClN2O5/c15-12-7-11(17(21)22)4-3-9(12)6-13(18)16-5-1-2-10(16)8-14(19)20/h3-4,7,10H,1-2,5-6,8H2,(H,19,20). The van der Waals surface area contributed by atoms with Gasteiger partial charge in [0.2, 0.25) is 5.91 Å². The molecule has 2 rings (SSSR count). The molecule has 8 heteroatoms. The number of hydrogen-bond acceptors (Lipinski definition) is 4. The van der Waals surface area contributed by atoms with Gasteiger partial charge in [0.25, 0.3) is 5.69 Å². The summed E-state index contributed by atoms with van der Waals surface area (Å²) in [5.41, 5.74) is 0.365. The number of benzene rings is 1. The van der Waals surface area contributed by atoms with Crippen LogP contribution in [0.3, 0.4) is 0 Å². The number of non-ortho nitro benzene ring substituents is 1. The van der Waals surface area contributed by atoms with Crippen molar-refractivity contribution in [3.05, 3.63) is 38.9 Å². The highest BCUT2D eigenvalue weighted by Crippen LogP contribution is 2.25. The zero-order valence-corrected chi connectivity index (χ0v) is 12.5. The number of carbonyl (C=O) groups is 2. The van der Waals surface area contributed by atoms with E-state index >= 15 is 0 Å². The highest BCUT2D eigenvalue weighted by Gasteiger charge is 2.30. The number of carbonyl (C=O) groups excluding carboxylic acids is 1. The van der Waals surface area contributed by atoms with E-state index in [4.69, 9.17) is 16.7 Å². The van der Waals surface area contributed by atoms with Crippen molar-refractivity contribution in [2.24, 2.45) is 0 Å². The molecule has 118 valence electrons. The number of rotatable bonds is 5. The summed E-state index contributed by atoms with van der Waals surface area (Å²) in [7, 11) is 0. The average molecular weight is 327 g/mol. The Kier molecular flexibility index (Phi) is 4.97. The zero-order chi connectivity index (χ0) is 16.3. The summed E-state index contributed by atoms with van der Waals surface area (Å²) in [6.45, 7) is 0.529. The smallest absolute Gasteiger partial charge is 0.305 e. The summed E-state index contributed by atoms with van der Waals surface area (Å²) in [4.78, 5) is 34.8. The number of amides is 1. The molecule has 7 nitrogen and oxygen atoms in total. The molecule has 1 fully saturated rings. The van der Waals surface area contributed by atoms with E-state index < -0.39 is 10.9 Å². The second kappa shape index (κ2) is 6.74. The van der Waals surface area contributed by atoms with E-state index in [0.717, 1.165) is 6.42 Å². The van der Waals surface area contributed by atoms with Gasteiger partial charge in [-0.1, -0.05) is 17.7 Å². The van der Waals surface area contributed by atoms with Crippen molar-refractivity contribution in [1.82, 2.24) is 4.90 Å². The lowest BCUT2D eigenvalue weighted by Gasteiger charge is -2.23. The lowest BCUT2D eigenvalue weighted by Crippen LogP contribution is -2.37. The van der Waals surface area contributed by atoms with Crippen molar-refractivity contribution in [2.75, 3.05) is 6.54 Å². The number of halogens is 1. The van der Waals surface area contributed by atoms with Crippen molar-refractivity contribution < 1.29 is 19.6 Å². The minimum Gasteiger partial charge on any atom is -0.481 e. The van der Waals surface area contributed by atoms with Gasteiger partial charge in [0.15, 0.2) is 0 Å². The van der Waals surface area contributed by atoms with Gasteiger partial charge in [-0.3, -0.25) is 19.7 Å². The van der Waals surface area contributed by atoms with Crippen LogP contribution in [0.15, 0.2) is 18.2 Å². The molecule has 0 radical (unpaired) electrons. The van der Waals surface area contributed by atoms with Crippen LogP contribution in [0.1, 0.15) is 24.8 Å². The Morgan fingerprint density at radius 1 is 1.45 bits per heavy atom. The number of likely N-dealkylation sites (tertiary alicyclic amines) is 1. The van der Waals surface area contributed by atoms with Gasteiger partial charge in [-0.2, -0.15) is 0 Å². The van der Waals surface area contributed by atoms with Gasteiger partial charge in [0.1, 0.15) is 0 Å². The highest BCUT2D eigenvalue weighted by atomic mass is 35.5. The fourth-order valence-electron chi connectivity index (χ4n) is 2.64. The number of hydrogen-bond donors (Lipinski definition) is 1. The molecule has 0 aromatic heterocycles. The van der Waals surface area contributed by atoms with Gasteiger partial charge >= 0.3 is 5.97 Å². The third-order valence-electron chi connectivity index (χ3n) is 3.70. The second-order valence-corrected chi connectivity index (χ2v) is 5.60. The molecule has 1 aromatic carbocycles. The molecule has 1 atom stereocenters. The van der Waals surface area contributed by atoms with E-state index in [2.05, 4.69) is 0 Å². The first-order valence-corrected chi connectivity index (χ1v) is 7.20. The first-order valence-electron chi connectivity index (χ1n) is 6.82. The number of carboxylic acid groups (broad SMARTS) is 1. The predicted octanol–water partition coefficient (Wildman–Crippen LogP) is 2.26. The molecule has 1 N–H and O–H groups in total. The Morgan fingerprint density at radius 3 is 2.77 bits per heavy atom. The third kappa shape index (κ3) is 3.73. The minimum absolute atomic E-state index is 0.00689. The molecule has 0 spiro atoms. The van der Waals surface area contributed by atoms with E-state index in [-0.39, 0.29) is 35.5 Å². The van der Waals surface area contributed by atoms with Crippen molar-refractivity contribution >= 4 is 29.2 Å². The molecule has 0 aliphatic carbocycles. The first kappa shape index (κ1) is 16.2. The number of carboxylic acids is 1. The first-order chi connectivity index (χ1) is 10.4. The molecule has 1 aliphatic heterocycles. The summed E-state index contributed by atoms with van der Waals surface area (Å²) in [5, 5.41) is 19.7. The van der Waals surface area contributed by atoms with E-state index in [1.54, 1.807) is 4.90 Å². The minimum atomic E-state index is -0.932. The zero-order valence-electron chi connectivity index (χ0n) is 11.7. The van der Waals surface area contributed by atoms with Crippen LogP contribution in [0.5, 0.6) is 0 Å². The average Bonchev–Trinajstić information content (AvgIpc) is 2.88. The number of aliphatic carboxylic acids is 1. The molecule has 1 heterocycles. The normalized spacial score (nSPS) is 17.5. The number of nitro groups is 1. The number of nitro benzene ring substituents is 1. The lowest BCUT2D eigenvalue weighted by atomic mass is 10.1. The molecule has 0 bridgehead atoms. The lowest BCUT2D eigenvalue weighted by molar-refractivity contribution is -0.384. The maximum absolute atomic E-state index is 12.3. The van der Waals surface area contributed by atoms with Crippen LogP contribution in [0.25, 0.3) is 0 Å². The van der Waals surface area contributed by atoms with Crippen LogP contribution in [-0.2, 0) is 16.0 Å². The number of nitrogens with zero attached hydrogens (tertiary/aromatic N) is 2. The molecule has 22 heavy (non-hydrogen) atoms. The van der Waals surface area contributed by atoms with Gasteiger partial charge in [0.05, 0.1) is 22.8 Å². The Bertz CT molecular complexity index is 619. The largest absolute Gasteiger partial charge is 0.481 e. The molecule has 1 unspecified atom stereocenters. The monoisotopic (exact) mass is 326 g/mol. The maximum Gasteiger partial charge on any atom is 0.305 e. The van der Waals surface area contributed by atoms with Crippen molar-refractivity contribution in [2.45, 2.75) is 31.7 Å². The molecular formula is C14H15ClN2O5. The highest BCUT2D eigenvalue weighted by molar-refractivity contribution is 6.31. The molecule has 1 aliphatic rings. The molecule has 1 aromatic rings. The molecule has 0 saturated carbocycles. The summed E-state index contributed by atoms with van der Waals surface area (Å²) >= 11 is 5.98. The van der Waals surface area contributed by atoms with Gasteiger partial charge in [-0.05, 0) is 18.4 Å². The molecule has 1 amide bonds. The van der Waals surface area contributed by atoms with E-state index in [1.165, 1.54) is 18.2 Å². The molecule has 1 saturated heterocycles. The Balaban J connectivity index is 2.08. The quantitative estimate of drug-likeness (QED) is 0.660. The topological polar surface area (TPSA) is 101 Å². The van der Waals surface area contributed by atoms with Crippen LogP contribution in [0.4, 0.5) is 5.69 Å². The Hall–Kier alpha value is -2.15. The SMILES string of the molecule is O=C(O)CC1CCCN1C(=O)Cc1ccc([N+](=O)[O-])cc1Cl. The third-order valence-corrected chi connectivity index (χ3v) is 4.05. The van der Waals surface area contributed by atoms with E-state index in [1.807, 2.05) is 0 Å². The summed E-state index contributed by atoms with van der Waals surface area (Å²) < 4.78 is 0. The summed E-state index contributed by atoms with van der Waals surface area (Å²) in [6, 6.07) is 3.68. The van der Waals surface area contributed by atoms with Crippen LogP contribution in [0.2, 0.25) is 5.02 Å². The van der Waals surface area contributed by atoms with E-state index in [0.29, 0.717) is 18.5 Å². The van der Waals surface area contributed by atoms with Gasteiger partial charge in [-0.25, -0.2) is 0 Å². The van der Waals surface area contributed by atoms with E-state index in [9.17, 15) is 19.7 Å². The van der Waals surface area contributed by atoms with Gasteiger partial charge < -0.3 is 10.0 Å². The maximum atomic E-state index is 12.3. The van der Waals surface area contributed by atoms with Crippen LogP contribution < -0.4 is 0 Å². The van der Waals surface area contributed by atoms with Gasteiger partial charge in [0, 0.05) is 24.7 Å². The van der Waals surface area contributed by atoms with Gasteiger partial charge in [-0.15, -0.1) is 0 Å². The van der Waals surface area contributed by atoms with Crippen molar-refractivity contribution in [1.29, 1.82) is 0 Å². The van der Waals surface area contributed by atoms with Crippen LogP contribution >= 0.6 is 11.6 Å². The fraction of sp³-hybridized carbons (Fsp3) is 0.429. The van der Waals surface area contributed by atoms with Crippen LogP contribution in [-0.4, -0.2) is 39.4 Å². The Labute approximate surface area is 131 Å². The second-order valence-electron chi connectivity index (χ2n) is 5.19. The fourth-order valence-corrected chi connectivity index (χ4v) is 2.88. The summed E-state index contributed by atoms with van der Waals surface area (Å²) in [5.74, 6) is -1.14. The molecular weight excluding hydrogens is 312 g/mol. The van der Waals surface area contributed by atoms with Crippen molar-refractivity contribution in [3.8, 4) is 0 Å².